The Hall–Kier alpha value is -2.15. The van der Waals surface area contributed by atoms with Crippen molar-refractivity contribution in [2.45, 2.75) is 18.7 Å². The standard InChI is InChI=1S/C13H16N4O2S/c1-3-16-12-5-7-15-9-13(12)20(18,19)17-11-4-6-14-8-10(11)2/h4-9H,3H2,1-2H3,(H,14,17)(H,15,16). The number of aromatic nitrogens is 2. The fourth-order valence-electron chi connectivity index (χ4n) is 1.72. The third kappa shape index (κ3) is 3.05. The first-order valence-corrected chi connectivity index (χ1v) is 7.64. The van der Waals surface area contributed by atoms with E-state index < -0.39 is 10.0 Å². The van der Waals surface area contributed by atoms with Gasteiger partial charge in [0.2, 0.25) is 0 Å². The van der Waals surface area contributed by atoms with Crippen LogP contribution in [0, 0.1) is 6.92 Å². The van der Waals surface area contributed by atoms with Gasteiger partial charge in [-0.3, -0.25) is 14.7 Å². The zero-order chi connectivity index (χ0) is 14.6. The Balaban J connectivity index is 2.39. The van der Waals surface area contributed by atoms with Crippen molar-refractivity contribution in [3.05, 3.63) is 42.5 Å². The Labute approximate surface area is 118 Å². The molecule has 20 heavy (non-hydrogen) atoms. The molecule has 106 valence electrons. The summed E-state index contributed by atoms with van der Waals surface area (Å²) < 4.78 is 27.4. The molecule has 0 atom stereocenters. The number of nitrogens with zero attached hydrogens (tertiary/aromatic N) is 2. The van der Waals surface area contributed by atoms with Crippen LogP contribution in [0.5, 0.6) is 0 Å². The summed E-state index contributed by atoms with van der Waals surface area (Å²) in [6.45, 7) is 4.32. The van der Waals surface area contributed by atoms with Gasteiger partial charge in [0.05, 0.1) is 11.4 Å². The largest absolute Gasteiger partial charge is 0.384 e. The lowest BCUT2D eigenvalue weighted by atomic mass is 10.3. The van der Waals surface area contributed by atoms with Crippen LogP contribution in [-0.2, 0) is 10.0 Å². The molecule has 0 fully saturated rings. The minimum Gasteiger partial charge on any atom is -0.384 e. The van der Waals surface area contributed by atoms with Gasteiger partial charge in [0.1, 0.15) is 4.90 Å². The van der Waals surface area contributed by atoms with Gasteiger partial charge in [0.15, 0.2) is 0 Å². The monoisotopic (exact) mass is 292 g/mol. The van der Waals surface area contributed by atoms with Crippen LogP contribution in [0.4, 0.5) is 11.4 Å². The highest BCUT2D eigenvalue weighted by Gasteiger charge is 2.19. The molecule has 0 saturated heterocycles. The van der Waals surface area contributed by atoms with Crippen molar-refractivity contribution in [3.63, 3.8) is 0 Å². The predicted octanol–water partition coefficient (Wildman–Crippen LogP) is 2.02. The van der Waals surface area contributed by atoms with Crippen molar-refractivity contribution in [3.8, 4) is 0 Å². The van der Waals surface area contributed by atoms with E-state index in [-0.39, 0.29) is 4.90 Å². The molecule has 0 aliphatic carbocycles. The Morgan fingerprint density at radius 2 is 1.75 bits per heavy atom. The van der Waals surface area contributed by atoms with Crippen molar-refractivity contribution in [2.75, 3.05) is 16.6 Å². The molecular formula is C13H16N4O2S. The van der Waals surface area contributed by atoms with Crippen molar-refractivity contribution in [1.29, 1.82) is 0 Å². The van der Waals surface area contributed by atoms with Crippen LogP contribution in [0.1, 0.15) is 12.5 Å². The average Bonchev–Trinajstić information content (AvgIpc) is 2.42. The Kier molecular flexibility index (Phi) is 4.19. The summed E-state index contributed by atoms with van der Waals surface area (Å²) in [5.74, 6) is 0. The predicted molar refractivity (Wildman–Crippen MR) is 78.2 cm³/mol. The van der Waals surface area contributed by atoms with E-state index in [1.54, 1.807) is 37.6 Å². The minimum absolute atomic E-state index is 0.123. The van der Waals surface area contributed by atoms with E-state index >= 15 is 0 Å². The lowest BCUT2D eigenvalue weighted by molar-refractivity contribution is 0.601. The van der Waals surface area contributed by atoms with Gasteiger partial charge in [-0.2, -0.15) is 0 Å². The van der Waals surface area contributed by atoms with Crippen LogP contribution < -0.4 is 10.0 Å². The number of rotatable bonds is 5. The maximum Gasteiger partial charge on any atom is 0.265 e. The maximum atomic E-state index is 12.4. The molecule has 2 aromatic heterocycles. The molecule has 0 radical (unpaired) electrons. The zero-order valence-electron chi connectivity index (χ0n) is 11.3. The molecule has 0 amide bonds. The van der Waals surface area contributed by atoms with Crippen LogP contribution in [0.3, 0.4) is 0 Å². The highest BCUT2D eigenvalue weighted by Crippen LogP contribution is 2.23. The number of nitrogens with one attached hydrogen (secondary N) is 2. The summed E-state index contributed by atoms with van der Waals surface area (Å²) in [6.07, 6.45) is 6.02. The second-order valence-electron chi connectivity index (χ2n) is 4.20. The van der Waals surface area contributed by atoms with E-state index in [4.69, 9.17) is 0 Å². The molecule has 0 saturated carbocycles. The number of sulfonamides is 1. The summed E-state index contributed by atoms with van der Waals surface area (Å²) in [5.41, 5.74) is 1.79. The average molecular weight is 292 g/mol. The molecule has 2 aromatic rings. The van der Waals surface area contributed by atoms with Gasteiger partial charge in [-0.05, 0) is 31.5 Å². The third-order valence-electron chi connectivity index (χ3n) is 2.71. The molecule has 2 rings (SSSR count). The van der Waals surface area contributed by atoms with Crippen LogP contribution in [0.15, 0.2) is 41.8 Å². The minimum atomic E-state index is -3.69. The van der Waals surface area contributed by atoms with E-state index in [9.17, 15) is 8.42 Å². The van der Waals surface area contributed by atoms with Gasteiger partial charge in [0, 0.05) is 31.3 Å². The second-order valence-corrected chi connectivity index (χ2v) is 5.85. The Morgan fingerprint density at radius 1 is 1.10 bits per heavy atom. The lowest BCUT2D eigenvalue weighted by Gasteiger charge is -2.13. The molecule has 0 aliphatic heterocycles. The molecule has 2 heterocycles. The molecule has 0 spiro atoms. The van der Waals surface area contributed by atoms with E-state index in [0.717, 1.165) is 5.56 Å². The topological polar surface area (TPSA) is 84.0 Å². The lowest BCUT2D eigenvalue weighted by Crippen LogP contribution is -2.16. The maximum absolute atomic E-state index is 12.4. The van der Waals surface area contributed by atoms with Crippen molar-refractivity contribution >= 4 is 21.4 Å². The number of pyridine rings is 2. The number of aryl methyl sites for hydroxylation is 1. The molecule has 7 heteroatoms. The van der Waals surface area contributed by atoms with Gasteiger partial charge >= 0.3 is 0 Å². The fraction of sp³-hybridized carbons (Fsp3) is 0.231. The number of anilines is 2. The molecule has 0 bridgehead atoms. The number of hydrogen-bond donors (Lipinski definition) is 2. The summed E-state index contributed by atoms with van der Waals surface area (Å²) in [6, 6.07) is 3.26. The zero-order valence-corrected chi connectivity index (χ0v) is 12.1. The second kappa shape index (κ2) is 5.87. The first kappa shape index (κ1) is 14.3. The quantitative estimate of drug-likeness (QED) is 0.880. The third-order valence-corrected chi connectivity index (χ3v) is 4.10. The van der Waals surface area contributed by atoms with E-state index in [1.807, 2.05) is 6.92 Å². The van der Waals surface area contributed by atoms with Crippen LogP contribution in [-0.4, -0.2) is 24.9 Å². The SMILES string of the molecule is CCNc1ccncc1S(=O)(=O)Nc1ccncc1C. The normalized spacial score (nSPS) is 11.1. The molecule has 2 N–H and O–H groups in total. The smallest absolute Gasteiger partial charge is 0.265 e. The molecule has 0 aromatic carbocycles. The Morgan fingerprint density at radius 3 is 2.40 bits per heavy atom. The summed E-state index contributed by atoms with van der Waals surface area (Å²) in [7, 11) is -3.69. The highest BCUT2D eigenvalue weighted by atomic mass is 32.2. The molecule has 6 nitrogen and oxygen atoms in total. The van der Waals surface area contributed by atoms with Crippen LogP contribution >= 0.6 is 0 Å². The van der Waals surface area contributed by atoms with Crippen LogP contribution in [0.2, 0.25) is 0 Å². The highest BCUT2D eigenvalue weighted by molar-refractivity contribution is 7.92. The van der Waals surface area contributed by atoms with Crippen molar-refractivity contribution in [2.24, 2.45) is 0 Å². The molecule has 0 unspecified atom stereocenters. The van der Waals surface area contributed by atoms with Crippen LogP contribution in [0.25, 0.3) is 0 Å². The first-order valence-electron chi connectivity index (χ1n) is 6.16. The van der Waals surface area contributed by atoms with E-state index in [1.165, 1.54) is 6.20 Å². The van der Waals surface area contributed by atoms with E-state index in [0.29, 0.717) is 17.9 Å². The summed E-state index contributed by atoms with van der Waals surface area (Å²) in [5, 5.41) is 3.01. The van der Waals surface area contributed by atoms with Crippen molar-refractivity contribution < 1.29 is 8.42 Å². The Bertz CT molecular complexity index is 701. The fourth-order valence-corrected chi connectivity index (χ4v) is 2.98. The first-order chi connectivity index (χ1) is 9.54. The van der Waals surface area contributed by atoms with Gasteiger partial charge in [-0.25, -0.2) is 8.42 Å². The van der Waals surface area contributed by atoms with Gasteiger partial charge in [-0.15, -0.1) is 0 Å². The van der Waals surface area contributed by atoms with Gasteiger partial charge < -0.3 is 5.32 Å². The molecular weight excluding hydrogens is 276 g/mol. The summed E-state index contributed by atoms with van der Waals surface area (Å²) >= 11 is 0. The number of hydrogen-bond acceptors (Lipinski definition) is 5. The van der Waals surface area contributed by atoms with Gasteiger partial charge in [0.25, 0.3) is 10.0 Å². The van der Waals surface area contributed by atoms with E-state index in [2.05, 4.69) is 20.0 Å². The summed E-state index contributed by atoms with van der Waals surface area (Å²) in [4.78, 5) is 7.94. The molecule has 0 aliphatic rings. The van der Waals surface area contributed by atoms with Crippen molar-refractivity contribution in [1.82, 2.24) is 9.97 Å². The van der Waals surface area contributed by atoms with Gasteiger partial charge in [-0.1, -0.05) is 0 Å².